The highest BCUT2D eigenvalue weighted by Crippen LogP contribution is 2.28. The summed E-state index contributed by atoms with van der Waals surface area (Å²) in [6, 6.07) is 3.94. The Balaban J connectivity index is 1.79. The number of nitrogens with one attached hydrogen (secondary N) is 1. The van der Waals surface area contributed by atoms with Crippen molar-refractivity contribution in [1.82, 2.24) is 14.9 Å². The fourth-order valence-electron chi connectivity index (χ4n) is 2.57. The van der Waals surface area contributed by atoms with Crippen LogP contribution in [0.25, 0.3) is 0 Å². The molecule has 1 fully saturated rings. The number of aryl methyl sites for hydroxylation is 1. The van der Waals surface area contributed by atoms with Gasteiger partial charge in [0.25, 0.3) is 5.91 Å². The summed E-state index contributed by atoms with van der Waals surface area (Å²) in [4.78, 5) is 16.6. The SMILES string of the molecule is Cn1ccnc1[C@H]1OCC[C@@H]1NC(=O)c1cccc(F)c1Cl. The highest BCUT2D eigenvalue weighted by Gasteiger charge is 2.34. The van der Waals surface area contributed by atoms with Crippen LogP contribution in [-0.4, -0.2) is 28.1 Å². The van der Waals surface area contributed by atoms with Gasteiger partial charge in [-0.15, -0.1) is 0 Å². The van der Waals surface area contributed by atoms with E-state index in [1.165, 1.54) is 18.2 Å². The third-order valence-electron chi connectivity index (χ3n) is 3.72. The lowest BCUT2D eigenvalue weighted by Gasteiger charge is -2.20. The Kier molecular flexibility index (Phi) is 4.13. The van der Waals surface area contributed by atoms with Gasteiger partial charge >= 0.3 is 0 Å². The maximum Gasteiger partial charge on any atom is 0.253 e. The first-order valence-electron chi connectivity index (χ1n) is 6.91. The van der Waals surface area contributed by atoms with E-state index >= 15 is 0 Å². The molecule has 1 aliphatic heterocycles. The van der Waals surface area contributed by atoms with Crippen LogP contribution in [0, 0.1) is 5.82 Å². The van der Waals surface area contributed by atoms with E-state index in [0.29, 0.717) is 13.0 Å². The summed E-state index contributed by atoms with van der Waals surface area (Å²) in [5.41, 5.74) is 0.118. The van der Waals surface area contributed by atoms with Crippen molar-refractivity contribution in [1.29, 1.82) is 0 Å². The second-order valence-corrected chi connectivity index (χ2v) is 5.54. The van der Waals surface area contributed by atoms with E-state index in [9.17, 15) is 9.18 Å². The van der Waals surface area contributed by atoms with Gasteiger partial charge in [0.15, 0.2) is 0 Å². The van der Waals surface area contributed by atoms with Crippen molar-refractivity contribution in [3.05, 3.63) is 52.8 Å². The number of benzene rings is 1. The number of nitrogens with zero attached hydrogens (tertiary/aromatic N) is 2. The van der Waals surface area contributed by atoms with E-state index < -0.39 is 11.7 Å². The second kappa shape index (κ2) is 6.06. The van der Waals surface area contributed by atoms with Crippen molar-refractivity contribution in [3.8, 4) is 0 Å². The molecule has 2 heterocycles. The number of carbonyl (C=O) groups excluding carboxylic acids is 1. The van der Waals surface area contributed by atoms with Gasteiger partial charge in [0.2, 0.25) is 0 Å². The number of carbonyl (C=O) groups is 1. The zero-order chi connectivity index (χ0) is 15.7. The zero-order valence-electron chi connectivity index (χ0n) is 11.9. The van der Waals surface area contributed by atoms with Gasteiger partial charge in [-0.1, -0.05) is 17.7 Å². The summed E-state index contributed by atoms with van der Waals surface area (Å²) in [6.45, 7) is 0.527. The van der Waals surface area contributed by atoms with Crippen LogP contribution in [0.4, 0.5) is 4.39 Å². The molecule has 0 saturated carbocycles. The number of halogens is 2. The Morgan fingerprint density at radius 3 is 3.09 bits per heavy atom. The first-order valence-corrected chi connectivity index (χ1v) is 7.29. The average Bonchev–Trinajstić information content (AvgIpc) is 3.10. The Bertz CT molecular complexity index is 704. The Hall–Kier alpha value is -1.92. The van der Waals surface area contributed by atoms with Crippen molar-refractivity contribution in [2.75, 3.05) is 6.61 Å². The Labute approximate surface area is 132 Å². The summed E-state index contributed by atoms with van der Waals surface area (Å²) < 4.78 is 21.0. The number of aromatic nitrogens is 2. The average molecular weight is 324 g/mol. The molecular weight excluding hydrogens is 309 g/mol. The molecule has 22 heavy (non-hydrogen) atoms. The third kappa shape index (κ3) is 2.71. The molecule has 0 unspecified atom stereocenters. The van der Waals surface area contributed by atoms with Crippen LogP contribution >= 0.6 is 11.6 Å². The molecule has 0 bridgehead atoms. The van der Waals surface area contributed by atoms with E-state index in [1.807, 2.05) is 17.8 Å². The van der Waals surface area contributed by atoms with E-state index in [2.05, 4.69) is 10.3 Å². The molecule has 0 aliphatic carbocycles. The van der Waals surface area contributed by atoms with Crippen molar-refractivity contribution in [2.24, 2.45) is 7.05 Å². The monoisotopic (exact) mass is 323 g/mol. The topological polar surface area (TPSA) is 56.1 Å². The van der Waals surface area contributed by atoms with Crippen LogP contribution in [0.3, 0.4) is 0 Å². The quantitative estimate of drug-likeness (QED) is 0.944. The molecule has 3 rings (SSSR count). The number of hydrogen-bond acceptors (Lipinski definition) is 3. The molecule has 1 aromatic heterocycles. The molecule has 0 radical (unpaired) electrons. The van der Waals surface area contributed by atoms with Crippen LogP contribution in [0.1, 0.15) is 28.7 Å². The van der Waals surface area contributed by atoms with Crippen molar-refractivity contribution < 1.29 is 13.9 Å². The molecule has 116 valence electrons. The Morgan fingerprint density at radius 2 is 2.36 bits per heavy atom. The first kappa shape index (κ1) is 15.0. The zero-order valence-corrected chi connectivity index (χ0v) is 12.7. The molecule has 1 aliphatic rings. The van der Waals surface area contributed by atoms with Gasteiger partial charge < -0.3 is 14.6 Å². The molecule has 1 saturated heterocycles. The summed E-state index contributed by atoms with van der Waals surface area (Å²) >= 11 is 5.85. The van der Waals surface area contributed by atoms with E-state index in [-0.39, 0.29) is 22.7 Å². The van der Waals surface area contributed by atoms with Gasteiger partial charge in [-0.25, -0.2) is 9.37 Å². The molecule has 1 amide bonds. The van der Waals surface area contributed by atoms with Gasteiger partial charge in [-0.05, 0) is 18.6 Å². The predicted octanol–water partition coefficient (Wildman–Crippen LogP) is 2.47. The number of rotatable bonds is 3. The number of imidazole rings is 1. The van der Waals surface area contributed by atoms with Crippen molar-refractivity contribution in [2.45, 2.75) is 18.6 Å². The van der Waals surface area contributed by atoms with Gasteiger partial charge in [-0.2, -0.15) is 0 Å². The van der Waals surface area contributed by atoms with Crippen LogP contribution in [0.2, 0.25) is 5.02 Å². The fraction of sp³-hybridized carbons (Fsp3) is 0.333. The lowest BCUT2D eigenvalue weighted by molar-refractivity contribution is 0.0779. The molecule has 1 N–H and O–H groups in total. The number of hydrogen-bond donors (Lipinski definition) is 1. The van der Waals surface area contributed by atoms with Crippen molar-refractivity contribution >= 4 is 17.5 Å². The van der Waals surface area contributed by atoms with E-state index in [4.69, 9.17) is 16.3 Å². The van der Waals surface area contributed by atoms with Gasteiger partial charge in [-0.3, -0.25) is 4.79 Å². The van der Waals surface area contributed by atoms with E-state index in [1.54, 1.807) is 6.20 Å². The maximum absolute atomic E-state index is 13.5. The third-order valence-corrected chi connectivity index (χ3v) is 4.10. The van der Waals surface area contributed by atoms with Crippen molar-refractivity contribution in [3.63, 3.8) is 0 Å². The molecule has 2 atom stereocenters. The largest absolute Gasteiger partial charge is 0.368 e. The van der Waals surface area contributed by atoms with Crippen LogP contribution in [-0.2, 0) is 11.8 Å². The molecule has 7 heteroatoms. The van der Waals surface area contributed by atoms with Crippen LogP contribution < -0.4 is 5.32 Å². The van der Waals surface area contributed by atoms with Gasteiger partial charge in [0.05, 0.1) is 16.6 Å². The summed E-state index contributed by atoms with van der Waals surface area (Å²) in [5, 5.41) is 2.69. The van der Waals surface area contributed by atoms with Crippen LogP contribution in [0.15, 0.2) is 30.6 Å². The standard InChI is InChI=1S/C15H15ClFN3O2/c1-20-7-6-18-14(20)13-11(5-8-22-13)19-15(21)9-3-2-4-10(17)12(9)16/h2-4,6-7,11,13H,5,8H2,1H3,(H,19,21)/t11-,13-/m0/s1. The summed E-state index contributed by atoms with van der Waals surface area (Å²) in [6.07, 6.45) is 3.84. The second-order valence-electron chi connectivity index (χ2n) is 5.16. The van der Waals surface area contributed by atoms with Crippen LogP contribution in [0.5, 0.6) is 0 Å². The Morgan fingerprint density at radius 1 is 1.55 bits per heavy atom. The number of ether oxygens (including phenoxy) is 1. The molecular formula is C15H15ClFN3O2. The highest BCUT2D eigenvalue weighted by atomic mass is 35.5. The smallest absolute Gasteiger partial charge is 0.253 e. The maximum atomic E-state index is 13.5. The molecule has 5 nitrogen and oxygen atoms in total. The fourth-order valence-corrected chi connectivity index (χ4v) is 2.78. The minimum Gasteiger partial charge on any atom is -0.368 e. The first-order chi connectivity index (χ1) is 10.6. The minimum atomic E-state index is -0.613. The summed E-state index contributed by atoms with van der Waals surface area (Å²) in [7, 11) is 1.87. The lowest BCUT2D eigenvalue weighted by Crippen LogP contribution is -2.37. The number of amides is 1. The molecule has 2 aromatic rings. The minimum absolute atomic E-state index is 0.118. The van der Waals surface area contributed by atoms with Gasteiger partial charge in [0.1, 0.15) is 17.7 Å². The normalized spacial score (nSPS) is 21.0. The predicted molar refractivity (Wildman–Crippen MR) is 79.2 cm³/mol. The van der Waals surface area contributed by atoms with E-state index in [0.717, 1.165) is 5.82 Å². The molecule has 1 aromatic carbocycles. The van der Waals surface area contributed by atoms with Gasteiger partial charge in [0, 0.05) is 26.0 Å². The molecule has 0 spiro atoms. The highest BCUT2D eigenvalue weighted by molar-refractivity contribution is 6.34. The summed E-state index contributed by atoms with van der Waals surface area (Å²) in [5.74, 6) is -0.287. The lowest BCUT2D eigenvalue weighted by atomic mass is 10.1.